The Balaban J connectivity index is 1.28. The molecular weight excluding hydrogens is 494 g/mol. The quantitative estimate of drug-likeness (QED) is 0.404. The first-order valence-corrected chi connectivity index (χ1v) is 14.6. The Morgan fingerprint density at radius 1 is 1.10 bits per heavy atom. The summed E-state index contributed by atoms with van der Waals surface area (Å²) < 4.78 is 5.37. The number of carbonyl (C=O) groups excluding carboxylic acids is 3. The second kappa shape index (κ2) is 12.5. The highest BCUT2D eigenvalue weighted by atomic mass is 16.5. The number of hydrogen-bond donors (Lipinski definition) is 3. The van der Waals surface area contributed by atoms with E-state index in [1.165, 1.54) is 10.9 Å². The van der Waals surface area contributed by atoms with Gasteiger partial charge in [0, 0.05) is 81.9 Å². The third-order valence-electron chi connectivity index (χ3n) is 8.69. The number of H-pyrrole nitrogens is 1. The SMILES string of the molecule is COCCCC(c1c[nH]c2ccccc12)N(C(=O)[C@@H]1CNC[C@H](NC(=O)C2CCN(C(C)=O)CC2)C1)C1CC1. The van der Waals surface area contributed by atoms with Gasteiger partial charge >= 0.3 is 0 Å². The van der Waals surface area contributed by atoms with Crippen LogP contribution < -0.4 is 10.6 Å². The molecule has 3 N–H and O–H groups in total. The van der Waals surface area contributed by atoms with E-state index in [-0.39, 0.29) is 47.7 Å². The fourth-order valence-electron chi connectivity index (χ4n) is 6.40. The molecule has 2 saturated heterocycles. The first kappa shape index (κ1) is 27.6. The molecule has 9 heteroatoms. The van der Waals surface area contributed by atoms with Crippen molar-refractivity contribution in [3.05, 3.63) is 36.0 Å². The van der Waals surface area contributed by atoms with Gasteiger partial charge in [-0.05, 0) is 56.6 Å². The van der Waals surface area contributed by atoms with Crippen LogP contribution in [0.3, 0.4) is 0 Å². The minimum absolute atomic E-state index is 0.0160. The maximum Gasteiger partial charge on any atom is 0.227 e. The number of amides is 3. The van der Waals surface area contributed by atoms with Crippen molar-refractivity contribution in [2.24, 2.45) is 11.8 Å². The number of carbonyl (C=O) groups is 3. The number of aromatic amines is 1. The molecule has 1 saturated carbocycles. The lowest BCUT2D eigenvalue weighted by molar-refractivity contribution is -0.140. The molecule has 2 aromatic rings. The second-order valence-electron chi connectivity index (χ2n) is 11.5. The van der Waals surface area contributed by atoms with Crippen molar-refractivity contribution >= 4 is 28.6 Å². The van der Waals surface area contributed by atoms with Gasteiger partial charge in [0.2, 0.25) is 17.7 Å². The minimum Gasteiger partial charge on any atom is -0.385 e. The van der Waals surface area contributed by atoms with Gasteiger partial charge in [-0.2, -0.15) is 0 Å². The van der Waals surface area contributed by atoms with Crippen LogP contribution in [0.15, 0.2) is 30.5 Å². The first-order chi connectivity index (χ1) is 19.0. The topological polar surface area (TPSA) is 107 Å². The number of benzene rings is 1. The number of piperidine rings is 2. The number of para-hydroxylation sites is 1. The molecule has 1 aromatic heterocycles. The van der Waals surface area contributed by atoms with Crippen molar-refractivity contribution in [3.63, 3.8) is 0 Å². The Morgan fingerprint density at radius 3 is 2.59 bits per heavy atom. The number of ether oxygens (including phenoxy) is 1. The molecular formula is C30H43N5O4. The summed E-state index contributed by atoms with van der Waals surface area (Å²) in [6, 6.07) is 8.47. The Morgan fingerprint density at radius 2 is 1.87 bits per heavy atom. The summed E-state index contributed by atoms with van der Waals surface area (Å²) in [6.07, 6.45) is 7.89. The molecule has 3 aliphatic rings. The van der Waals surface area contributed by atoms with Crippen molar-refractivity contribution in [1.82, 2.24) is 25.4 Å². The van der Waals surface area contributed by atoms with Crippen LogP contribution in [0.1, 0.15) is 63.5 Å². The first-order valence-electron chi connectivity index (χ1n) is 14.6. The van der Waals surface area contributed by atoms with Gasteiger partial charge in [0.05, 0.1) is 12.0 Å². The Labute approximate surface area is 231 Å². The lowest BCUT2D eigenvalue weighted by Crippen LogP contribution is -2.54. The predicted octanol–water partition coefficient (Wildman–Crippen LogP) is 2.98. The Bertz CT molecular complexity index is 1150. The maximum absolute atomic E-state index is 14.2. The number of likely N-dealkylation sites (tertiary alicyclic amines) is 1. The fraction of sp³-hybridized carbons (Fsp3) is 0.633. The van der Waals surface area contributed by atoms with Crippen molar-refractivity contribution in [1.29, 1.82) is 0 Å². The number of hydrogen-bond acceptors (Lipinski definition) is 5. The van der Waals surface area contributed by atoms with Crippen molar-refractivity contribution in [2.45, 2.75) is 70.0 Å². The summed E-state index contributed by atoms with van der Waals surface area (Å²) in [7, 11) is 1.72. The molecule has 9 nitrogen and oxygen atoms in total. The minimum atomic E-state index is -0.181. The molecule has 5 rings (SSSR count). The summed E-state index contributed by atoms with van der Waals surface area (Å²) in [5.74, 6) is 0.0471. The number of methoxy groups -OCH3 is 1. The molecule has 212 valence electrons. The van der Waals surface area contributed by atoms with Crippen LogP contribution in [0.4, 0.5) is 0 Å². The van der Waals surface area contributed by atoms with Crippen LogP contribution in [0.25, 0.3) is 10.9 Å². The van der Waals surface area contributed by atoms with E-state index in [0.29, 0.717) is 52.0 Å². The lowest BCUT2D eigenvalue weighted by Gasteiger charge is -2.38. The zero-order valence-electron chi connectivity index (χ0n) is 23.3. The van der Waals surface area contributed by atoms with Gasteiger partial charge in [-0.3, -0.25) is 14.4 Å². The van der Waals surface area contributed by atoms with Gasteiger partial charge in [-0.1, -0.05) is 18.2 Å². The Kier molecular flexibility index (Phi) is 8.87. The van der Waals surface area contributed by atoms with Crippen molar-refractivity contribution in [2.75, 3.05) is 39.9 Å². The van der Waals surface area contributed by atoms with E-state index in [9.17, 15) is 14.4 Å². The molecule has 1 aromatic carbocycles. The standard InChI is InChI=1S/C30H43N5O4/c1-20(36)34-13-11-21(12-14-34)29(37)33-23-16-22(17-31-18-23)30(38)35(24-9-10-24)28(8-5-15-39-2)26-19-32-27-7-4-3-6-25(26)27/h3-4,6-7,19,21-24,28,31-32H,5,8-18H2,1-2H3,(H,33,37)/t22-,23+,28?/m0/s1. The molecule has 0 bridgehead atoms. The van der Waals surface area contributed by atoms with Gasteiger partial charge < -0.3 is 30.2 Å². The van der Waals surface area contributed by atoms with E-state index < -0.39 is 0 Å². The second-order valence-corrected chi connectivity index (χ2v) is 11.5. The monoisotopic (exact) mass is 537 g/mol. The largest absolute Gasteiger partial charge is 0.385 e. The lowest BCUT2D eigenvalue weighted by atomic mass is 9.90. The van der Waals surface area contributed by atoms with Gasteiger partial charge in [0.1, 0.15) is 0 Å². The third kappa shape index (κ3) is 6.47. The summed E-state index contributed by atoms with van der Waals surface area (Å²) in [5.41, 5.74) is 2.26. The van der Waals surface area contributed by atoms with Gasteiger partial charge in [-0.15, -0.1) is 0 Å². The van der Waals surface area contributed by atoms with Crippen LogP contribution in [-0.4, -0.2) is 84.5 Å². The van der Waals surface area contributed by atoms with E-state index in [1.54, 1.807) is 14.0 Å². The molecule has 0 spiro atoms. The molecule has 1 unspecified atom stereocenters. The highest BCUT2D eigenvalue weighted by Crippen LogP contribution is 2.40. The maximum atomic E-state index is 14.2. The highest BCUT2D eigenvalue weighted by Gasteiger charge is 2.42. The number of fused-ring (bicyclic) bond motifs is 1. The molecule has 0 radical (unpaired) electrons. The fourth-order valence-corrected chi connectivity index (χ4v) is 6.40. The molecule has 3 amide bonds. The number of rotatable bonds is 10. The number of nitrogens with zero attached hydrogens (tertiary/aromatic N) is 2. The molecule has 3 atom stereocenters. The zero-order chi connectivity index (χ0) is 27.4. The van der Waals surface area contributed by atoms with Gasteiger partial charge in [0.25, 0.3) is 0 Å². The average molecular weight is 538 g/mol. The summed E-state index contributed by atoms with van der Waals surface area (Å²) >= 11 is 0. The smallest absolute Gasteiger partial charge is 0.227 e. The molecule has 3 heterocycles. The molecule has 2 aliphatic heterocycles. The number of nitrogens with one attached hydrogen (secondary N) is 3. The van der Waals surface area contributed by atoms with E-state index in [1.807, 2.05) is 11.0 Å². The molecule has 3 fully saturated rings. The van der Waals surface area contributed by atoms with E-state index >= 15 is 0 Å². The highest BCUT2D eigenvalue weighted by molar-refractivity contribution is 5.86. The van der Waals surface area contributed by atoms with Crippen LogP contribution >= 0.6 is 0 Å². The Hall–Kier alpha value is -2.91. The van der Waals surface area contributed by atoms with Crippen LogP contribution in [-0.2, 0) is 19.1 Å². The molecule has 1 aliphatic carbocycles. The van der Waals surface area contributed by atoms with Crippen LogP contribution in [0.5, 0.6) is 0 Å². The van der Waals surface area contributed by atoms with Crippen molar-refractivity contribution < 1.29 is 19.1 Å². The van der Waals surface area contributed by atoms with Gasteiger partial charge in [-0.25, -0.2) is 0 Å². The van der Waals surface area contributed by atoms with Crippen LogP contribution in [0.2, 0.25) is 0 Å². The average Bonchev–Trinajstić information content (AvgIpc) is 3.70. The van der Waals surface area contributed by atoms with Crippen molar-refractivity contribution in [3.8, 4) is 0 Å². The summed E-state index contributed by atoms with van der Waals surface area (Å²) in [4.78, 5) is 46.3. The van der Waals surface area contributed by atoms with E-state index in [0.717, 1.165) is 31.2 Å². The van der Waals surface area contributed by atoms with Crippen LogP contribution in [0, 0.1) is 11.8 Å². The third-order valence-corrected chi connectivity index (χ3v) is 8.69. The molecule has 39 heavy (non-hydrogen) atoms. The summed E-state index contributed by atoms with van der Waals surface area (Å²) in [5, 5.41) is 7.82. The number of aromatic nitrogens is 1. The zero-order valence-corrected chi connectivity index (χ0v) is 23.3. The summed E-state index contributed by atoms with van der Waals surface area (Å²) in [6.45, 7) is 4.81. The van der Waals surface area contributed by atoms with Gasteiger partial charge in [0.15, 0.2) is 0 Å². The van der Waals surface area contributed by atoms with E-state index in [2.05, 4.69) is 44.9 Å². The normalized spacial score (nSPS) is 23.0. The predicted molar refractivity (Wildman–Crippen MR) is 150 cm³/mol. The van der Waals surface area contributed by atoms with E-state index in [4.69, 9.17) is 4.74 Å².